The van der Waals surface area contributed by atoms with Gasteiger partial charge in [-0.25, -0.2) is 0 Å². The second-order valence-corrected chi connectivity index (χ2v) is 8.28. The van der Waals surface area contributed by atoms with Gasteiger partial charge in [-0.3, -0.25) is 0 Å². The predicted molar refractivity (Wildman–Crippen MR) is 99.7 cm³/mol. The number of likely N-dealkylation sites (tertiary alicyclic amines) is 1. The molecule has 1 aromatic rings. The van der Waals surface area contributed by atoms with Gasteiger partial charge in [0, 0.05) is 32.1 Å². The Morgan fingerprint density at radius 1 is 1.25 bits per heavy atom. The van der Waals surface area contributed by atoms with E-state index in [0.29, 0.717) is 6.04 Å². The van der Waals surface area contributed by atoms with E-state index in [1.54, 1.807) is 0 Å². The van der Waals surface area contributed by atoms with Crippen molar-refractivity contribution in [3.8, 4) is 5.75 Å². The lowest BCUT2D eigenvalue weighted by Gasteiger charge is -2.33. The highest BCUT2D eigenvalue weighted by molar-refractivity contribution is 5.41. The molecule has 3 rings (SSSR count). The maximum absolute atomic E-state index is 5.97. The monoisotopic (exact) mass is 331 g/mol. The molecule has 1 N–H and O–H groups in total. The van der Waals surface area contributed by atoms with Gasteiger partial charge in [-0.05, 0) is 71.1 Å². The Morgan fingerprint density at radius 3 is 2.71 bits per heavy atom. The lowest BCUT2D eigenvalue weighted by atomic mass is 10.00. The fraction of sp³-hybridized carbons (Fsp3) is 0.700. The molecule has 0 saturated carbocycles. The first-order valence-electron chi connectivity index (χ1n) is 9.33. The summed E-state index contributed by atoms with van der Waals surface area (Å²) in [6.07, 6.45) is 3.53. The molecule has 0 unspecified atom stereocenters. The van der Waals surface area contributed by atoms with E-state index >= 15 is 0 Å². The molecular formula is C20H33N3O. The van der Waals surface area contributed by atoms with Gasteiger partial charge in [0.1, 0.15) is 11.4 Å². The number of fused-ring (bicyclic) bond motifs is 1. The Morgan fingerprint density at radius 2 is 2.00 bits per heavy atom. The summed E-state index contributed by atoms with van der Waals surface area (Å²) in [6.45, 7) is 10.1. The minimum atomic E-state index is -0.0478. The van der Waals surface area contributed by atoms with Crippen LogP contribution in [0.3, 0.4) is 0 Å². The number of likely N-dealkylation sites (N-methyl/N-ethyl adjacent to an activating group) is 1. The van der Waals surface area contributed by atoms with Crippen LogP contribution in [0.25, 0.3) is 0 Å². The van der Waals surface area contributed by atoms with E-state index in [4.69, 9.17) is 4.74 Å². The molecule has 2 aliphatic rings. The first-order valence-corrected chi connectivity index (χ1v) is 9.33. The lowest BCUT2D eigenvalue weighted by molar-refractivity contribution is 0.138. The van der Waals surface area contributed by atoms with Crippen LogP contribution >= 0.6 is 0 Å². The third-order valence-corrected chi connectivity index (χ3v) is 5.17. The molecule has 0 spiro atoms. The molecule has 2 aliphatic heterocycles. The number of ether oxygens (including phenoxy) is 1. The Balaban J connectivity index is 1.43. The van der Waals surface area contributed by atoms with Crippen molar-refractivity contribution in [2.75, 3.05) is 40.3 Å². The summed E-state index contributed by atoms with van der Waals surface area (Å²) >= 11 is 0. The van der Waals surface area contributed by atoms with Crippen molar-refractivity contribution in [3.63, 3.8) is 0 Å². The molecule has 0 radical (unpaired) electrons. The van der Waals surface area contributed by atoms with Gasteiger partial charge in [-0.15, -0.1) is 0 Å². The number of nitrogens with one attached hydrogen (secondary N) is 1. The molecule has 1 saturated heterocycles. The van der Waals surface area contributed by atoms with Crippen molar-refractivity contribution in [3.05, 3.63) is 29.3 Å². The summed E-state index contributed by atoms with van der Waals surface area (Å²) in [5.41, 5.74) is 2.69. The Labute approximate surface area is 147 Å². The summed E-state index contributed by atoms with van der Waals surface area (Å²) in [5, 5.41) is 3.76. The smallest absolute Gasteiger partial charge is 0.123 e. The molecule has 0 bridgehead atoms. The van der Waals surface area contributed by atoms with E-state index in [1.165, 1.54) is 43.6 Å². The standard InChI is InChI=1S/C20H33N3O/c1-20(2)14-17-13-16(5-6-19(17)24-20)15-21-18-7-9-23(10-8-18)12-11-22(3)4/h5-6,13,18,21H,7-12,14-15H2,1-4H3. The largest absolute Gasteiger partial charge is 0.487 e. The molecule has 4 heteroatoms. The quantitative estimate of drug-likeness (QED) is 0.867. The van der Waals surface area contributed by atoms with E-state index in [-0.39, 0.29) is 5.60 Å². The van der Waals surface area contributed by atoms with Gasteiger partial charge in [0.05, 0.1) is 0 Å². The van der Waals surface area contributed by atoms with Gasteiger partial charge in [-0.2, -0.15) is 0 Å². The van der Waals surface area contributed by atoms with E-state index in [9.17, 15) is 0 Å². The van der Waals surface area contributed by atoms with Crippen LogP contribution in [0.4, 0.5) is 0 Å². The van der Waals surface area contributed by atoms with E-state index in [0.717, 1.165) is 25.3 Å². The Hall–Kier alpha value is -1.10. The zero-order valence-corrected chi connectivity index (χ0v) is 15.8. The molecule has 0 aliphatic carbocycles. The average molecular weight is 332 g/mol. The van der Waals surface area contributed by atoms with Gasteiger partial charge in [-0.1, -0.05) is 12.1 Å². The maximum atomic E-state index is 5.97. The highest BCUT2D eigenvalue weighted by Crippen LogP contribution is 2.35. The summed E-state index contributed by atoms with van der Waals surface area (Å²) in [5.74, 6) is 1.07. The third-order valence-electron chi connectivity index (χ3n) is 5.17. The lowest BCUT2D eigenvalue weighted by Crippen LogP contribution is -2.44. The molecule has 4 nitrogen and oxygen atoms in total. The molecule has 24 heavy (non-hydrogen) atoms. The van der Waals surface area contributed by atoms with Gasteiger partial charge < -0.3 is 19.9 Å². The summed E-state index contributed by atoms with van der Waals surface area (Å²) in [6, 6.07) is 7.33. The number of hydrogen-bond acceptors (Lipinski definition) is 4. The van der Waals surface area contributed by atoms with Crippen LogP contribution in [0.1, 0.15) is 37.8 Å². The van der Waals surface area contributed by atoms with Crippen LogP contribution in [0.15, 0.2) is 18.2 Å². The van der Waals surface area contributed by atoms with Crippen LogP contribution in [0.5, 0.6) is 5.75 Å². The number of rotatable bonds is 6. The van der Waals surface area contributed by atoms with E-state index in [2.05, 4.69) is 61.3 Å². The highest BCUT2D eigenvalue weighted by atomic mass is 16.5. The third kappa shape index (κ3) is 4.71. The van der Waals surface area contributed by atoms with Gasteiger partial charge >= 0.3 is 0 Å². The number of benzene rings is 1. The molecule has 0 aromatic heterocycles. The van der Waals surface area contributed by atoms with Gasteiger partial charge in [0.2, 0.25) is 0 Å². The number of hydrogen-bond donors (Lipinski definition) is 1. The van der Waals surface area contributed by atoms with Crippen LogP contribution in [0, 0.1) is 0 Å². The van der Waals surface area contributed by atoms with Crippen LogP contribution in [-0.2, 0) is 13.0 Å². The van der Waals surface area contributed by atoms with Gasteiger partial charge in [0.15, 0.2) is 0 Å². The average Bonchev–Trinajstić information content (AvgIpc) is 2.85. The number of piperidine rings is 1. The van der Waals surface area contributed by atoms with Crippen LogP contribution < -0.4 is 10.1 Å². The molecule has 1 aromatic carbocycles. The molecule has 2 heterocycles. The van der Waals surface area contributed by atoms with Gasteiger partial charge in [0.25, 0.3) is 0 Å². The van der Waals surface area contributed by atoms with E-state index in [1.807, 2.05) is 0 Å². The minimum Gasteiger partial charge on any atom is -0.487 e. The molecule has 0 atom stereocenters. The minimum absolute atomic E-state index is 0.0478. The topological polar surface area (TPSA) is 27.7 Å². The summed E-state index contributed by atoms with van der Waals surface area (Å²) < 4.78 is 5.97. The predicted octanol–water partition coefficient (Wildman–Crippen LogP) is 2.52. The van der Waals surface area contributed by atoms with Crippen molar-refractivity contribution in [2.24, 2.45) is 0 Å². The molecule has 0 amide bonds. The second-order valence-electron chi connectivity index (χ2n) is 8.28. The van der Waals surface area contributed by atoms with Crippen molar-refractivity contribution < 1.29 is 4.74 Å². The number of nitrogens with zero attached hydrogens (tertiary/aromatic N) is 2. The van der Waals surface area contributed by atoms with E-state index < -0.39 is 0 Å². The van der Waals surface area contributed by atoms with Crippen molar-refractivity contribution in [2.45, 2.75) is 51.3 Å². The van der Waals surface area contributed by atoms with Crippen LogP contribution in [-0.4, -0.2) is 61.7 Å². The Bertz CT molecular complexity index is 548. The first kappa shape index (κ1) is 17.7. The van der Waals surface area contributed by atoms with Crippen molar-refractivity contribution in [1.82, 2.24) is 15.1 Å². The van der Waals surface area contributed by atoms with Crippen molar-refractivity contribution in [1.29, 1.82) is 0 Å². The maximum Gasteiger partial charge on any atom is 0.123 e. The summed E-state index contributed by atoms with van der Waals surface area (Å²) in [4.78, 5) is 4.86. The normalized spacial score (nSPS) is 21.0. The molecule has 134 valence electrons. The molecular weight excluding hydrogens is 298 g/mol. The van der Waals surface area contributed by atoms with Crippen LogP contribution in [0.2, 0.25) is 0 Å². The SMILES string of the molecule is CN(C)CCN1CCC(NCc2ccc3c(c2)CC(C)(C)O3)CC1. The fourth-order valence-electron chi connectivity index (χ4n) is 3.74. The van der Waals surface area contributed by atoms with Crippen molar-refractivity contribution >= 4 is 0 Å². The molecule has 1 fully saturated rings. The fourth-order valence-corrected chi connectivity index (χ4v) is 3.74. The summed E-state index contributed by atoms with van der Waals surface area (Å²) in [7, 11) is 4.30. The second kappa shape index (κ2) is 7.42. The zero-order valence-electron chi connectivity index (χ0n) is 15.8. The zero-order chi connectivity index (χ0) is 17.2. The Kier molecular flexibility index (Phi) is 5.48. The highest BCUT2D eigenvalue weighted by Gasteiger charge is 2.29. The first-order chi connectivity index (χ1) is 11.4.